The van der Waals surface area contributed by atoms with Gasteiger partial charge in [-0.25, -0.2) is 0 Å². The molecule has 1 heterocycles. The lowest BCUT2D eigenvalue weighted by Gasteiger charge is -2.30. The number of carbonyl (C=O) groups is 2. The van der Waals surface area contributed by atoms with Gasteiger partial charge in [-0.2, -0.15) is 0 Å². The van der Waals surface area contributed by atoms with Crippen LogP contribution in [0.3, 0.4) is 0 Å². The largest absolute Gasteiger partial charge is 0.353 e. The third-order valence-corrected chi connectivity index (χ3v) is 5.47. The van der Waals surface area contributed by atoms with Crippen LogP contribution in [0.15, 0.2) is 18.3 Å². The van der Waals surface area contributed by atoms with Gasteiger partial charge in [-0.15, -0.1) is 0 Å². The van der Waals surface area contributed by atoms with Gasteiger partial charge < -0.3 is 14.4 Å². The molecular formula is C22H37N3O2. The van der Waals surface area contributed by atoms with Crippen molar-refractivity contribution in [2.75, 3.05) is 19.6 Å². The highest BCUT2D eigenvalue weighted by atomic mass is 16.2. The van der Waals surface area contributed by atoms with Crippen LogP contribution < -0.4 is 0 Å². The van der Waals surface area contributed by atoms with Crippen molar-refractivity contribution in [3.05, 3.63) is 24.0 Å². The zero-order chi connectivity index (χ0) is 19.8. The van der Waals surface area contributed by atoms with Gasteiger partial charge in [0.2, 0.25) is 11.8 Å². The molecule has 0 N–H and O–H groups in total. The van der Waals surface area contributed by atoms with E-state index in [-0.39, 0.29) is 24.3 Å². The summed E-state index contributed by atoms with van der Waals surface area (Å²) in [6, 6.07) is 4.06. The highest BCUT2D eigenvalue weighted by Gasteiger charge is 2.29. The van der Waals surface area contributed by atoms with Crippen LogP contribution in [0.5, 0.6) is 0 Å². The lowest BCUT2D eigenvalue weighted by molar-refractivity contribution is -0.143. The Morgan fingerprint density at radius 1 is 1.22 bits per heavy atom. The zero-order valence-corrected chi connectivity index (χ0v) is 17.6. The summed E-state index contributed by atoms with van der Waals surface area (Å²) in [6.07, 6.45) is 8.26. The molecule has 0 aromatic carbocycles. The Morgan fingerprint density at radius 2 is 1.93 bits per heavy atom. The Morgan fingerprint density at radius 3 is 2.48 bits per heavy atom. The molecule has 2 amide bonds. The topological polar surface area (TPSA) is 45.6 Å². The number of rotatable bonds is 10. The molecule has 1 saturated carbocycles. The van der Waals surface area contributed by atoms with Gasteiger partial charge in [0.25, 0.3) is 0 Å². The number of unbranched alkanes of at least 4 members (excludes halogenated alkanes) is 1. The van der Waals surface area contributed by atoms with Gasteiger partial charge in [-0.05, 0) is 37.3 Å². The number of aryl methyl sites for hydroxylation is 1. The molecule has 1 aliphatic carbocycles. The van der Waals surface area contributed by atoms with Crippen molar-refractivity contribution in [2.45, 2.75) is 65.8 Å². The van der Waals surface area contributed by atoms with Gasteiger partial charge in [0.05, 0.1) is 13.1 Å². The molecule has 0 radical (unpaired) electrons. The average Bonchev–Trinajstić information content (AvgIpc) is 3.29. The Balaban J connectivity index is 2.07. The van der Waals surface area contributed by atoms with Crippen molar-refractivity contribution in [3.63, 3.8) is 0 Å². The lowest BCUT2D eigenvalue weighted by Crippen LogP contribution is -2.46. The summed E-state index contributed by atoms with van der Waals surface area (Å²) in [5, 5.41) is 0. The minimum absolute atomic E-state index is 0.0663. The van der Waals surface area contributed by atoms with E-state index in [9.17, 15) is 9.59 Å². The zero-order valence-electron chi connectivity index (χ0n) is 17.6. The smallest absolute Gasteiger partial charge is 0.242 e. The van der Waals surface area contributed by atoms with Crippen LogP contribution >= 0.6 is 0 Å². The van der Waals surface area contributed by atoms with Gasteiger partial charge >= 0.3 is 0 Å². The minimum Gasteiger partial charge on any atom is -0.353 e. The summed E-state index contributed by atoms with van der Waals surface area (Å²) in [5.74, 6) is 0.731. The van der Waals surface area contributed by atoms with Gasteiger partial charge in [-0.3, -0.25) is 9.59 Å². The molecule has 1 aromatic heterocycles. The van der Waals surface area contributed by atoms with Crippen molar-refractivity contribution >= 4 is 11.8 Å². The monoisotopic (exact) mass is 375 g/mol. The highest BCUT2D eigenvalue weighted by molar-refractivity contribution is 5.86. The summed E-state index contributed by atoms with van der Waals surface area (Å²) >= 11 is 0. The second-order valence-corrected chi connectivity index (χ2v) is 8.37. The number of hydrogen-bond acceptors (Lipinski definition) is 2. The minimum atomic E-state index is 0.0663. The van der Waals surface area contributed by atoms with Crippen molar-refractivity contribution in [1.29, 1.82) is 0 Å². The molecule has 0 saturated heterocycles. The van der Waals surface area contributed by atoms with Crippen LogP contribution in [-0.4, -0.2) is 45.8 Å². The molecule has 152 valence electrons. The molecular weight excluding hydrogens is 338 g/mol. The second kappa shape index (κ2) is 10.5. The normalized spacial score (nSPS) is 14.7. The highest BCUT2D eigenvalue weighted by Crippen LogP contribution is 2.27. The maximum atomic E-state index is 13.1. The van der Waals surface area contributed by atoms with Crippen LogP contribution in [0.2, 0.25) is 0 Å². The first-order valence-electron chi connectivity index (χ1n) is 10.6. The quantitative estimate of drug-likeness (QED) is 0.624. The van der Waals surface area contributed by atoms with Crippen molar-refractivity contribution < 1.29 is 9.59 Å². The molecule has 1 aromatic rings. The number of hydrogen-bond donors (Lipinski definition) is 0. The number of carbonyl (C=O) groups excluding carboxylic acids is 2. The standard InChI is InChI=1S/C22H37N3O2/c1-5-6-14-24(16-20-12-9-13-23(20)4)21(26)17-25(15-18(2)3)22(27)19-10-7-8-11-19/h9,12-13,18-19H,5-8,10-11,14-17H2,1-4H3. The fourth-order valence-electron chi connectivity index (χ4n) is 3.86. The predicted octanol–water partition coefficient (Wildman–Crippen LogP) is 3.83. The van der Waals surface area contributed by atoms with E-state index in [1.165, 1.54) is 0 Å². The average molecular weight is 376 g/mol. The molecule has 2 rings (SSSR count). The molecule has 0 unspecified atom stereocenters. The maximum absolute atomic E-state index is 13.1. The fourth-order valence-corrected chi connectivity index (χ4v) is 3.86. The molecule has 27 heavy (non-hydrogen) atoms. The van der Waals surface area contributed by atoms with Gasteiger partial charge in [-0.1, -0.05) is 40.0 Å². The van der Waals surface area contributed by atoms with Crippen LogP contribution in [0.25, 0.3) is 0 Å². The van der Waals surface area contributed by atoms with E-state index >= 15 is 0 Å². The first kappa shape index (κ1) is 21.5. The number of aromatic nitrogens is 1. The third kappa shape index (κ3) is 6.40. The molecule has 1 aliphatic rings. The Bertz CT molecular complexity index is 602. The van der Waals surface area contributed by atoms with Gasteiger partial charge in [0, 0.05) is 37.9 Å². The summed E-state index contributed by atoms with van der Waals surface area (Å²) in [6.45, 7) is 8.58. The molecule has 5 nitrogen and oxygen atoms in total. The Labute approximate surface area is 164 Å². The first-order chi connectivity index (χ1) is 12.9. The predicted molar refractivity (Wildman–Crippen MR) is 109 cm³/mol. The fraction of sp³-hybridized carbons (Fsp3) is 0.727. The van der Waals surface area contributed by atoms with Crippen LogP contribution in [0.4, 0.5) is 0 Å². The summed E-state index contributed by atoms with van der Waals surface area (Å²) in [5.41, 5.74) is 1.12. The molecule has 0 aliphatic heterocycles. The summed E-state index contributed by atoms with van der Waals surface area (Å²) < 4.78 is 2.06. The van der Waals surface area contributed by atoms with Crippen molar-refractivity contribution in [3.8, 4) is 0 Å². The molecule has 1 fully saturated rings. The third-order valence-electron chi connectivity index (χ3n) is 5.47. The number of amides is 2. The SMILES string of the molecule is CCCCN(Cc1cccn1C)C(=O)CN(CC(C)C)C(=O)C1CCCC1. The van der Waals surface area contributed by atoms with E-state index in [1.54, 1.807) is 0 Å². The lowest BCUT2D eigenvalue weighted by atomic mass is 10.1. The molecule has 0 atom stereocenters. The molecule has 5 heteroatoms. The second-order valence-electron chi connectivity index (χ2n) is 8.37. The van der Waals surface area contributed by atoms with E-state index in [0.29, 0.717) is 19.0 Å². The van der Waals surface area contributed by atoms with Gasteiger partial charge in [0.15, 0.2) is 0 Å². The Hall–Kier alpha value is -1.78. The van der Waals surface area contributed by atoms with Crippen molar-refractivity contribution in [1.82, 2.24) is 14.4 Å². The molecule has 0 bridgehead atoms. The van der Waals surface area contributed by atoms with Crippen LogP contribution in [0.1, 0.15) is 65.0 Å². The van der Waals surface area contributed by atoms with E-state index < -0.39 is 0 Å². The van der Waals surface area contributed by atoms with Crippen LogP contribution in [0, 0.1) is 11.8 Å². The number of nitrogens with zero attached hydrogens (tertiary/aromatic N) is 3. The van der Waals surface area contributed by atoms with Crippen LogP contribution in [-0.2, 0) is 23.2 Å². The summed E-state index contributed by atoms with van der Waals surface area (Å²) in [4.78, 5) is 29.8. The maximum Gasteiger partial charge on any atom is 0.242 e. The van der Waals surface area contributed by atoms with Gasteiger partial charge in [0.1, 0.15) is 0 Å². The van der Waals surface area contributed by atoms with E-state index in [4.69, 9.17) is 0 Å². The van der Waals surface area contributed by atoms with E-state index in [2.05, 4.69) is 31.4 Å². The first-order valence-corrected chi connectivity index (χ1v) is 10.6. The van der Waals surface area contributed by atoms with E-state index in [0.717, 1.165) is 50.8 Å². The summed E-state index contributed by atoms with van der Waals surface area (Å²) in [7, 11) is 2.01. The Kier molecular flexibility index (Phi) is 8.39. The van der Waals surface area contributed by atoms with E-state index in [1.807, 2.05) is 29.1 Å². The molecule has 0 spiro atoms. The van der Waals surface area contributed by atoms with Crippen molar-refractivity contribution in [2.24, 2.45) is 18.9 Å².